The molecule has 0 spiro atoms. The normalized spacial score (nSPS) is 32.5. The third-order valence-electron chi connectivity index (χ3n) is 2.61. The highest BCUT2D eigenvalue weighted by molar-refractivity contribution is 7.89. The van der Waals surface area contributed by atoms with Gasteiger partial charge in [0.05, 0.1) is 5.75 Å². The fraction of sp³-hybridized carbons (Fsp3) is 1.00. The van der Waals surface area contributed by atoms with Crippen LogP contribution in [-0.4, -0.2) is 33.1 Å². The van der Waals surface area contributed by atoms with E-state index in [9.17, 15) is 21.6 Å². The Hall–Kier alpha value is -0.340. The topological polar surface area (TPSA) is 69.4 Å². The first kappa shape index (κ1) is 12.7. The van der Waals surface area contributed by atoms with Crippen LogP contribution in [0.2, 0.25) is 0 Å². The maximum absolute atomic E-state index is 12.5. The zero-order valence-electron chi connectivity index (χ0n) is 8.04. The molecule has 1 fully saturated rings. The molecule has 1 aliphatic carbocycles. The van der Waals surface area contributed by atoms with Crippen LogP contribution in [0.4, 0.5) is 13.2 Å². The van der Waals surface area contributed by atoms with E-state index in [1.807, 2.05) is 0 Å². The van der Waals surface area contributed by atoms with E-state index >= 15 is 0 Å². The molecule has 0 radical (unpaired) electrons. The lowest BCUT2D eigenvalue weighted by Gasteiger charge is -2.46. The van der Waals surface area contributed by atoms with Gasteiger partial charge in [-0.25, -0.2) is 13.6 Å². The molecule has 1 aliphatic rings. The van der Waals surface area contributed by atoms with Gasteiger partial charge in [0.15, 0.2) is 5.60 Å². The number of ether oxygens (including phenoxy) is 1. The number of hydrogen-bond acceptors (Lipinski definition) is 3. The largest absolute Gasteiger partial charge is 0.417 e. The van der Waals surface area contributed by atoms with Gasteiger partial charge >= 0.3 is 6.18 Å². The first-order valence-corrected chi connectivity index (χ1v) is 5.93. The molecule has 0 aromatic rings. The van der Waals surface area contributed by atoms with E-state index in [2.05, 4.69) is 4.74 Å². The minimum atomic E-state index is -4.46. The van der Waals surface area contributed by atoms with E-state index in [-0.39, 0.29) is 12.8 Å². The molecule has 8 heteroatoms. The lowest BCUT2D eigenvalue weighted by atomic mass is 9.71. The summed E-state index contributed by atoms with van der Waals surface area (Å²) in [6.45, 7) is 0. The maximum Gasteiger partial charge on any atom is 0.417 e. The molecule has 4 nitrogen and oxygen atoms in total. The fourth-order valence-corrected chi connectivity index (χ4v) is 2.73. The molecule has 0 aromatic carbocycles. The van der Waals surface area contributed by atoms with Crippen LogP contribution in [0.5, 0.6) is 0 Å². The molecule has 1 saturated carbocycles. The average Bonchev–Trinajstić information content (AvgIpc) is 1.90. The number of nitrogens with two attached hydrogens (primary N) is 1. The maximum atomic E-state index is 12.5. The summed E-state index contributed by atoms with van der Waals surface area (Å²) in [5.74, 6) is -0.990. The van der Waals surface area contributed by atoms with E-state index in [0.717, 1.165) is 7.11 Å². The predicted molar refractivity (Wildman–Crippen MR) is 46.5 cm³/mol. The van der Waals surface area contributed by atoms with Crippen molar-refractivity contribution in [3.05, 3.63) is 0 Å². The van der Waals surface area contributed by atoms with Gasteiger partial charge in [-0.3, -0.25) is 0 Å². The van der Waals surface area contributed by atoms with Gasteiger partial charge in [-0.05, 0) is 18.8 Å². The summed E-state index contributed by atoms with van der Waals surface area (Å²) < 4.78 is 63.1. The second-order valence-corrected chi connectivity index (χ2v) is 5.46. The van der Waals surface area contributed by atoms with Gasteiger partial charge in [0, 0.05) is 7.11 Å². The quantitative estimate of drug-likeness (QED) is 0.795. The second-order valence-electron chi connectivity index (χ2n) is 3.80. The number of hydrogen-bond donors (Lipinski definition) is 1. The number of halogens is 3. The highest BCUT2D eigenvalue weighted by Crippen LogP contribution is 2.51. The Bertz CT molecular complexity index is 332. The Labute approximate surface area is 85.6 Å². The smallest absolute Gasteiger partial charge is 0.369 e. The SMILES string of the molecule is COC1(C(F)(F)F)CC(CS(N)(=O)=O)C1. The van der Waals surface area contributed by atoms with Crippen LogP contribution in [0.15, 0.2) is 0 Å². The number of methoxy groups -OCH3 is 1. The second kappa shape index (κ2) is 3.60. The third kappa shape index (κ3) is 2.61. The van der Waals surface area contributed by atoms with Crippen molar-refractivity contribution in [2.24, 2.45) is 11.1 Å². The van der Waals surface area contributed by atoms with Crippen molar-refractivity contribution in [3.8, 4) is 0 Å². The molecule has 0 amide bonds. The summed E-state index contributed by atoms with van der Waals surface area (Å²) in [5.41, 5.74) is -2.18. The number of sulfonamides is 1. The zero-order chi connectivity index (χ0) is 11.9. The van der Waals surface area contributed by atoms with E-state index in [1.165, 1.54) is 0 Å². The molecule has 0 atom stereocenters. The molecule has 15 heavy (non-hydrogen) atoms. The average molecular weight is 247 g/mol. The zero-order valence-corrected chi connectivity index (χ0v) is 8.86. The molecule has 0 aromatic heterocycles. The van der Waals surface area contributed by atoms with Crippen molar-refractivity contribution in [2.45, 2.75) is 24.6 Å². The molecular formula is C7H12F3NO3S. The van der Waals surface area contributed by atoms with Crippen molar-refractivity contribution in [2.75, 3.05) is 12.9 Å². The van der Waals surface area contributed by atoms with Gasteiger partial charge in [0.2, 0.25) is 10.0 Å². The summed E-state index contributed by atoms with van der Waals surface area (Å²) in [6.07, 6.45) is -5.15. The Morgan fingerprint density at radius 3 is 2.20 bits per heavy atom. The molecule has 0 unspecified atom stereocenters. The van der Waals surface area contributed by atoms with Gasteiger partial charge in [-0.2, -0.15) is 13.2 Å². The minimum absolute atomic E-state index is 0.344. The van der Waals surface area contributed by atoms with E-state index in [1.54, 1.807) is 0 Å². The van der Waals surface area contributed by atoms with Crippen molar-refractivity contribution in [1.82, 2.24) is 0 Å². The number of alkyl halides is 3. The molecule has 0 heterocycles. The van der Waals surface area contributed by atoms with Crippen LogP contribution in [0.25, 0.3) is 0 Å². The molecule has 0 saturated heterocycles. The lowest BCUT2D eigenvalue weighted by Crippen LogP contribution is -2.58. The minimum Gasteiger partial charge on any atom is -0.369 e. The number of primary sulfonamides is 1. The monoisotopic (exact) mass is 247 g/mol. The molecule has 1 rings (SSSR count). The number of rotatable bonds is 3. The highest BCUT2D eigenvalue weighted by Gasteiger charge is 2.63. The van der Waals surface area contributed by atoms with Crippen LogP contribution < -0.4 is 5.14 Å². The molecular weight excluding hydrogens is 235 g/mol. The van der Waals surface area contributed by atoms with E-state index in [4.69, 9.17) is 5.14 Å². The molecule has 2 N–H and O–H groups in total. The summed E-state index contributed by atoms with van der Waals surface area (Å²) in [4.78, 5) is 0. The van der Waals surface area contributed by atoms with Gasteiger partial charge < -0.3 is 4.74 Å². The van der Waals surface area contributed by atoms with Gasteiger partial charge in [0.25, 0.3) is 0 Å². The van der Waals surface area contributed by atoms with Crippen LogP contribution in [0.3, 0.4) is 0 Å². The van der Waals surface area contributed by atoms with Crippen molar-refractivity contribution in [3.63, 3.8) is 0 Å². The summed E-state index contributed by atoms with van der Waals surface area (Å²) in [5, 5.41) is 4.74. The van der Waals surface area contributed by atoms with E-state index < -0.39 is 33.5 Å². The Kier molecular flexibility index (Phi) is 3.05. The molecule has 90 valence electrons. The van der Waals surface area contributed by atoms with Crippen molar-refractivity contribution in [1.29, 1.82) is 0 Å². The van der Waals surface area contributed by atoms with Crippen LogP contribution in [0, 0.1) is 5.92 Å². The van der Waals surface area contributed by atoms with Crippen LogP contribution in [0.1, 0.15) is 12.8 Å². The van der Waals surface area contributed by atoms with Crippen LogP contribution >= 0.6 is 0 Å². The first-order chi connectivity index (χ1) is 6.60. The summed E-state index contributed by atoms with van der Waals surface area (Å²) in [7, 11) is -2.74. The van der Waals surface area contributed by atoms with Crippen molar-refractivity contribution < 1.29 is 26.3 Å². The lowest BCUT2D eigenvalue weighted by molar-refractivity contribution is -0.306. The summed E-state index contributed by atoms with van der Waals surface area (Å²) >= 11 is 0. The van der Waals surface area contributed by atoms with Crippen LogP contribution in [-0.2, 0) is 14.8 Å². The molecule has 0 aliphatic heterocycles. The standard InChI is InChI=1S/C7H12F3NO3S/c1-14-6(7(8,9)10)2-5(3-6)4-15(11,12)13/h5H,2-4H2,1H3,(H2,11,12,13). The van der Waals surface area contributed by atoms with Gasteiger partial charge in [-0.1, -0.05) is 0 Å². The first-order valence-electron chi connectivity index (χ1n) is 4.22. The Morgan fingerprint density at radius 1 is 1.47 bits per heavy atom. The van der Waals surface area contributed by atoms with Gasteiger partial charge in [0.1, 0.15) is 0 Å². The van der Waals surface area contributed by atoms with Crippen molar-refractivity contribution >= 4 is 10.0 Å². The van der Waals surface area contributed by atoms with Gasteiger partial charge in [-0.15, -0.1) is 0 Å². The predicted octanol–water partition coefficient (Wildman–Crippen LogP) is 0.632. The van der Waals surface area contributed by atoms with E-state index in [0.29, 0.717) is 0 Å². The Morgan fingerprint density at radius 2 is 1.93 bits per heavy atom. The Balaban J connectivity index is 2.61. The highest BCUT2D eigenvalue weighted by atomic mass is 32.2. The fourth-order valence-electron chi connectivity index (χ4n) is 1.83. The third-order valence-corrected chi connectivity index (χ3v) is 3.55. The molecule has 0 bridgehead atoms. The summed E-state index contributed by atoms with van der Waals surface area (Å²) in [6, 6.07) is 0.